The zero-order valence-corrected chi connectivity index (χ0v) is 15.9. The highest BCUT2D eigenvalue weighted by molar-refractivity contribution is 7.85. The second-order valence-corrected chi connectivity index (χ2v) is 7.87. The second-order valence-electron chi connectivity index (χ2n) is 6.52. The van der Waals surface area contributed by atoms with Gasteiger partial charge < -0.3 is 16.0 Å². The van der Waals surface area contributed by atoms with Crippen LogP contribution in [0.15, 0.2) is 29.7 Å². The van der Waals surface area contributed by atoms with Crippen molar-refractivity contribution in [3.8, 4) is 0 Å². The largest absolute Gasteiger partial charge is 0.744 e. The summed E-state index contributed by atoms with van der Waals surface area (Å²) in [4.78, 5) is 11.0. The van der Waals surface area contributed by atoms with Crippen molar-refractivity contribution in [3.05, 3.63) is 41.5 Å². The Labute approximate surface area is 144 Å². The number of quaternary nitrogens is 1. The molecule has 1 rings (SSSR count). The number of hydrogen-bond donors (Lipinski definition) is 2. The lowest BCUT2D eigenvalue weighted by molar-refractivity contribution is -0.116. The van der Waals surface area contributed by atoms with Crippen LogP contribution in [-0.2, 0) is 26.7 Å². The molecule has 1 aromatic rings. The molecule has 0 fully saturated rings. The monoisotopic (exact) mass is 356 g/mol. The van der Waals surface area contributed by atoms with Crippen LogP contribution in [0.3, 0.4) is 0 Å². The molecule has 7 heteroatoms. The Morgan fingerprint density at radius 2 is 1.92 bits per heavy atom. The minimum atomic E-state index is -4.50. The molecule has 0 heterocycles. The number of amides is 1. The average Bonchev–Trinajstić information content (AvgIpc) is 2.41. The third kappa shape index (κ3) is 5.74. The van der Waals surface area contributed by atoms with Gasteiger partial charge in [0.25, 0.3) is 0 Å². The van der Waals surface area contributed by atoms with E-state index in [1.807, 2.05) is 20.8 Å². The van der Waals surface area contributed by atoms with Gasteiger partial charge in [0, 0.05) is 6.54 Å². The fourth-order valence-electron chi connectivity index (χ4n) is 2.58. The molecule has 0 bridgehead atoms. The lowest BCUT2D eigenvalue weighted by Crippen LogP contribution is -2.23. The van der Waals surface area contributed by atoms with Gasteiger partial charge in [-0.1, -0.05) is 33.4 Å². The maximum Gasteiger partial charge on any atom is 0.243 e. The minimum absolute atomic E-state index is 0. The molecule has 1 aromatic carbocycles. The molecule has 5 N–H and O–H groups in total. The molecule has 0 radical (unpaired) electrons. The van der Waals surface area contributed by atoms with Crippen LogP contribution in [0.1, 0.15) is 43.9 Å². The van der Waals surface area contributed by atoms with Crippen LogP contribution in [0.5, 0.6) is 0 Å². The maximum atomic E-state index is 11.4. The van der Waals surface area contributed by atoms with E-state index in [4.69, 9.17) is 0 Å². The van der Waals surface area contributed by atoms with Crippen molar-refractivity contribution < 1.29 is 17.8 Å². The van der Waals surface area contributed by atoms with Crippen molar-refractivity contribution >= 4 is 16.0 Å². The quantitative estimate of drug-likeness (QED) is 0.462. The highest BCUT2D eigenvalue weighted by Crippen LogP contribution is 2.32. The molecular weight excluding hydrogens is 328 g/mol. The Morgan fingerprint density at radius 3 is 2.38 bits per heavy atom. The Bertz CT molecular complexity index is 704. The molecule has 0 unspecified atom stereocenters. The van der Waals surface area contributed by atoms with Crippen LogP contribution in [0.4, 0.5) is 0 Å². The van der Waals surface area contributed by atoms with E-state index in [2.05, 4.69) is 11.9 Å². The van der Waals surface area contributed by atoms with Crippen molar-refractivity contribution in [2.75, 3.05) is 6.54 Å². The number of carbonyl (C=O) groups excluding carboxylic acids is 1. The van der Waals surface area contributed by atoms with E-state index in [-0.39, 0.29) is 22.4 Å². The molecule has 0 atom stereocenters. The van der Waals surface area contributed by atoms with Crippen LogP contribution in [0, 0.1) is 6.92 Å². The average molecular weight is 356 g/mol. The molecule has 0 aliphatic heterocycles. The van der Waals surface area contributed by atoms with Gasteiger partial charge in [-0.3, -0.25) is 4.79 Å². The predicted molar refractivity (Wildman–Crippen MR) is 95.4 cm³/mol. The zero-order valence-electron chi connectivity index (χ0n) is 15.1. The predicted octanol–water partition coefficient (Wildman–Crippen LogP) is 2.81. The summed E-state index contributed by atoms with van der Waals surface area (Å²) in [7, 11) is -4.50. The normalized spacial score (nSPS) is 11.5. The SMILES string of the molecule is C=CC(=O)NCCCc1c(C(C)(C)C)ccc(S(=O)(=O)[O-])c1C.[NH4+]. The molecule has 0 aliphatic carbocycles. The summed E-state index contributed by atoms with van der Waals surface area (Å²) in [6.07, 6.45) is 2.43. The van der Waals surface area contributed by atoms with E-state index in [1.165, 1.54) is 12.1 Å². The van der Waals surface area contributed by atoms with Gasteiger partial charge in [0.05, 0.1) is 4.90 Å². The van der Waals surface area contributed by atoms with Gasteiger partial charge in [-0.25, -0.2) is 8.42 Å². The van der Waals surface area contributed by atoms with Gasteiger partial charge in [0.2, 0.25) is 5.91 Å². The van der Waals surface area contributed by atoms with Crippen LogP contribution < -0.4 is 11.5 Å². The Hall–Kier alpha value is -1.70. The number of nitrogens with one attached hydrogen (secondary N) is 1. The first-order valence-corrected chi connectivity index (χ1v) is 8.88. The van der Waals surface area contributed by atoms with Crippen molar-refractivity contribution in [1.82, 2.24) is 11.5 Å². The van der Waals surface area contributed by atoms with E-state index < -0.39 is 10.1 Å². The molecule has 0 saturated heterocycles. The molecule has 0 spiro atoms. The third-order valence-electron chi connectivity index (χ3n) is 3.71. The lowest BCUT2D eigenvalue weighted by atomic mass is 9.81. The highest BCUT2D eigenvalue weighted by atomic mass is 32.2. The molecule has 0 aromatic heterocycles. The first-order chi connectivity index (χ1) is 10.5. The van der Waals surface area contributed by atoms with Gasteiger partial charge in [-0.05, 0) is 54.0 Å². The number of rotatable bonds is 6. The van der Waals surface area contributed by atoms with Crippen LogP contribution >= 0.6 is 0 Å². The van der Waals surface area contributed by atoms with Crippen molar-refractivity contribution in [2.24, 2.45) is 0 Å². The van der Waals surface area contributed by atoms with E-state index in [9.17, 15) is 17.8 Å². The molecule has 1 amide bonds. The first kappa shape index (κ1) is 22.3. The number of hydrogen-bond acceptors (Lipinski definition) is 4. The van der Waals surface area contributed by atoms with Crippen LogP contribution in [0.2, 0.25) is 0 Å². The maximum absolute atomic E-state index is 11.4. The Kier molecular flexibility index (Phi) is 7.82. The number of benzene rings is 1. The minimum Gasteiger partial charge on any atom is -0.744 e. The number of carbonyl (C=O) groups is 1. The Balaban J connectivity index is 0.00000529. The molecule has 24 heavy (non-hydrogen) atoms. The van der Waals surface area contributed by atoms with Gasteiger partial charge in [-0.2, -0.15) is 0 Å². The van der Waals surface area contributed by atoms with E-state index >= 15 is 0 Å². The lowest BCUT2D eigenvalue weighted by Gasteiger charge is -2.26. The summed E-state index contributed by atoms with van der Waals surface area (Å²) in [6.45, 7) is 11.6. The topological polar surface area (TPSA) is 123 Å². The smallest absolute Gasteiger partial charge is 0.243 e. The summed E-state index contributed by atoms with van der Waals surface area (Å²) < 4.78 is 34.2. The third-order valence-corrected chi connectivity index (χ3v) is 4.70. The van der Waals surface area contributed by atoms with E-state index in [0.29, 0.717) is 24.9 Å². The molecule has 136 valence electrons. The Morgan fingerprint density at radius 1 is 1.33 bits per heavy atom. The molecular formula is C17H28N2O4S. The van der Waals surface area contributed by atoms with Crippen LogP contribution in [0.25, 0.3) is 0 Å². The van der Waals surface area contributed by atoms with Gasteiger partial charge in [0.15, 0.2) is 0 Å². The van der Waals surface area contributed by atoms with E-state index in [0.717, 1.165) is 11.1 Å². The second kappa shape index (κ2) is 8.41. The first-order valence-electron chi connectivity index (χ1n) is 7.47. The molecule has 0 saturated carbocycles. The fraction of sp³-hybridized carbons (Fsp3) is 0.471. The van der Waals surface area contributed by atoms with Crippen molar-refractivity contribution in [3.63, 3.8) is 0 Å². The van der Waals surface area contributed by atoms with Gasteiger partial charge in [-0.15, -0.1) is 0 Å². The van der Waals surface area contributed by atoms with Crippen molar-refractivity contribution in [2.45, 2.75) is 50.8 Å². The van der Waals surface area contributed by atoms with Gasteiger partial charge >= 0.3 is 0 Å². The standard InChI is InChI=1S/C17H25NO4S.H3N/c1-6-16(19)18-11-7-8-13-12(2)15(23(20,21)22)10-9-14(13)17(3,4)5;/h6,9-10H,1,7-8,11H2,2-5H3,(H,18,19)(H,20,21,22);1H3. The van der Waals surface area contributed by atoms with Gasteiger partial charge in [0.1, 0.15) is 10.1 Å². The summed E-state index contributed by atoms with van der Waals surface area (Å²) in [5.41, 5.74) is 2.21. The fourth-order valence-corrected chi connectivity index (χ4v) is 3.31. The van der Waals surface area contributed by atoms with Crippen molar-refractivity contribution in [1.29, 1.82) is 0 Å². The molecule has 0 aliphatic rings. The summed E-state index contributed by atoms with van der Waals surface area (Å²) in [5.74, 6) is -0.242. The highest BCUT2D eigenvalue weighted by Gasteiger charge is 2.21. The van der Waals surface area contributed by atoms with E-state index in [1.54, 1.807) is 13.0 Å². The summed E-state index contributed by atoms with van der Waals surface area (Å²) in [6, 6.07) is 3.11. The summed E-state index contributed by atoms with van der Waals surface area (Å²) in [5, 5.41) is 2.69. The molecule has 6 nitrogen and oxygen atoms in total. The zero-order chi connectivity index (χ0) is 17.8. The van der Waals surface area contributed by atoms with Crippen LogP contribution in [-0.4, -0.2) is 25.4 Å². The summed E-state index contributed by atoms with van der Waals surface area (Å²) >= 11 is 0.